The molecule has 5 nitrogen and oxygen atoms in total. The number of carbonyl (C=O) groups excluding carboxylic acids is 1. The highest BCUT2D eigenvalue weighted by Crippen LogP contribution is 2.33. The summed E-state index contributed by atoms with van der Waals surface area (Å²) in [6.07, 6.45) is 0.929. The molecule has 2 aromatic carbocycles. The first-order chi connectivity index (χ1) is 14.0. The number of ether oxygens (including phenoxy) is 1. The van der Waals surface area contributed by atoms with Crippen molar-refractivity contribution in [1.82, 2.24) is 14.7 Å². The van der Waals surface area contributed by atoms with Gasteiger partial charge >= 0.3 is 0 Å². The van der Waals surface area contributed by atoms with Crippen LogP contribution >= 0.6 is 0 Å². The van der Waals surface area contributed by atoms with Gasteiger partial charge in [-0.15, -0.1) is 0 Å². The fourth-order valence-corrected chi connectivity index (χ4v) is 4.35. The van der Waals surface area contributed by atoms with Gasteiger partial charge in [0.15, 0.2) is 0 Å². The minimum absolute atomic E-state index is 0.270. The van der Waals surface area contributed by atoms with Crippen LogP contribution in [-0.4, -0.2) is 66.9 Å². The molecule has 2 saturated heterocycles. The molecule has 1 amide bonds. The van der Waals surface area contributed by atoms with E-state index in [9.17, 15) is 4.79 Å². The highest BCUT2D eigenvalue weighted by molar-refractivity contribution is 5.83. The van der Waals surface area contributed by atoms with Crippen molar-refractivity contribution in [3.63, 3.8) is 0 Å². The van der Waals surface area contributed by atoms with E-state index in [-0.39, 0.29) is 5.41 Å². The number of carbonyl (C=O) groups is 1. The number of rotatable bonds is 5. The molecule has 0 spiro atoms. The van der Waals surface area contributed by atoms with Crippen LogP contribution in [0.15, 0.2) is 54.6 Å². The van der Waals surface area contributed by atoms with Gasteiger partial charge in [-0.05, 0) is 56.8 Å². The topological polar surface area (TPSA) is 36.0 Å². The van der Waals surface area contributed by atoms with Gasteiger partial charge in [0.1, 0.15) is 11.5 Å². The van der Waals surface area contributed by atoms with Crippen molar-refractivity contribution in [3.05, 3.63) is 60.2 Å². The molecule has 0 N–H and O–H groups in total. The zero-order valence-electron chi connectivity index (χ0n) is 17.5. The molecular weight excluding hydrogens is 362 g/mol. The summed E-state index contributed by atoms with van der Waals surface area (Å²) < 4.78 is 5.97. The Hall–Kier alpha value is -2.37. The van der Waals surface area contributed by atoms with Crippen molar-refractivity contribution < 1.29 is 9.53 Å². The second-order valence-corrected chi connectivity index (χ2v) is 8.68. The van der Waals surface area contributed by atoms with Gasteiger partial charge in [-0.2, -0.15) is 0 Å². The number of likely N-dealkylation sites (N-methyl/N-ethyl adjacent to an activating group) is 1. The first-order valence-corrected chi connectivity index (χ1v) is 10.5. The Morgan fingerprint density at radius 1 is 0.966 bits per heavy atom. The highest BCUT2D eigenvalue weighted by atomic mass is 16.5. The summed E-state index contributed by atoms with van der Waals surface area (Å²) in [5, 5.41) is 0. The largest absolute Gasteiger partial charge is 0.457 e. The number of benzene rings is 2. The molecule has 5 heteroatoms. The lowest BCUT2D eigenvalue weighted by atomic mass is 9.87. The van der Waals surface area contributed by atoms with Gasteiger partial charge < -0.3 is 14.5 Å². The van der Waals surface area contributed by atoms with Crippen LogP contribution in [0.3, 0.4) is 0 Å². The van der Waals surface area contributed by atoms with E-state index in [0.717, 1.165) is 63.7 Å². The molecule has 2 heterocycles. The smallest absolute Gasteiger partial charge is 0.229 e. The Balaban J connectivity index is 1.36. The van der Waals surface area contributed by atoms with Crippen molar-refractivity contribution in [2.24, 2.45) is 5.41 Å². The number of likely N-dealkylation sites (tertiary alicyclic amines) is 1. The zero-order chi connectivity index (χ0) is 20.3. The number of hydrogen-bond donors (Lipinski definition) is 0. The Morgan fingerprint density at radius 2 is 1.69 bits per heavy atom. The number of para-hydroxylation sites is 1. The van der Waals surface area contributed by atoms with Crippen LogP contribution in [-0.2, 0) is 11.3 Å². The molecule has 0 aliphatic carbocycles. The number of amides is 1. The van der Waals surface area contributed by atoms with E-state index < -0.39 is 0 Å². The third-order valence-corrected chi connectivity index (χ3v) is 6.14. The number of piperazine rings is 1. The van der Waals surface area contributed by atoms with E-state index >= 15 is 0 Å². The quantitative estimate of drug-likeness (QED) is 0.779. The molecule has 0 radical (unpaired) electrons. The summed E-state index contributed by atoms with van der Waals surface area (Å²) in [6, 6.07) is 18.1. The van der Waals surface area contributed by atoms with Gasteiger partial charge in [-0.3, -0.25) is 9.69 Å². The molecule has 0 aromatic heterocycles. The van der Waals surface area contributed by atoms with Crippen LogP contribution in [0.2, 0.25) is 0 Å². The minimum atomic E-state index is -0.270. The molecule has 2 aliphatic rings. The second-order valence-electron chi connectivity index (χ2n) is 8.68. The van der Waals surface area contributed by atoms with Gasteiger partial charge in [0.25, 0.3) is 0 Å². The SMILES string of the molecule is CN1CCN(C(=O)C2(C)CCN(Cc3cccc(Oc4ccccc4)c3)C2)CC1. The average molecular weight is 394 g/mol. The molecule has 2 aliphatic heterocycles. The maximum Gasteiger partial charge on any atom is 0.229 e. The van der Waals surface area contributed by atoms with Gasteiger partial charge in [0.05, 0.1) is 5.41 Å². The standard InChI is InChI=1S/C24H31N3O2/c1-24(23(28)27-15-13-25(2)14-16-27)11-12-26(19-24)18-20-7-6-10-22(17-20)29-21-8-4-3-5-9-21/h3-10,17H,11-16,18-19H2,1-2H3. The van der Waals surface area contributed by atoms with Gasteiger partial charge in [-0.1, -0.05) is 30.3 Å². The van der Waals surface area contributed by atoms with E-state index in [1.54, 1.807) is 0 Å². The summed E-state index contributed by atoms with van der Waals surface area (Å²) in [6.45, 7) is 8.41. The normalized spacial score (nSPS) is 23.3. The van der Waals surface area contributed by atoms with E-state index in [4.69, 9.17) is 4.74 Å². The van der Waals surface area contributed by atoms with Crippen molar-refractivity contribution in [2.45, 2.75) is 19.9 Å². The lowest BCUT2D eigenvalue weighted by Crippen LogP contribution is -2.52. The van der Waals surface area contributed by atoms with Crippen molar-refractivity contribution in [3.8, 4) is 11.5 Å². The molecule has 0 bridgehead atoms. The van der Waals surface area contributed by atoms with Gasteiger partial charge in [-0.25, -0.2) is 0 Å². The summed E-state index contributed by atoms with van der Waals surface area (Å²) >= 11 is 0. The van der Waals surface area contributed by atoms with E-state index in [2.05, 4.69) is 40.8 Å². The van der Waals surface area contributed by atoms with Crippen LogP contribution in [0.4, 0.5) is 0 Å². The number of nitrogens with zero attached hydrogens (tertiary/aromatic N) is 3. The molecule has 29 heavy (non-hydrogen) atoms. The van der Waals surface area contributed by atoms with Gasteiger partial charge in [0, 0.05) is 39.3 Å². The number of hydrogen-bond acceptors (Lipinski definition) is 4. The van der Waals surface area contributed by atoms with Crippen LogP contribution in [0.1, 0.15) is 18.9 Å². The predicted molar refractivity (Wildman–Crippen MR) is 115 cm³/mol. The Labute approximate surface area is 173 Å². The highest BCUT2D eigenvalue weighted by Gasteiger charge is 2.42. The second kappa shape index (κ2) is 8.56. The molecule has 1 unspecified atom stereocenters. The average Bonchev–Trinajstić information content (AvgIpc) is 3.11. The van der Waals surface area contributed by atoms with Crippen molar-refractivity contribution in [1.29, 1.82) is 0 Å². The van der Waals surface area contributed by atoms with E-state index in [0.29, 0.717) is 5.91 Å². The lowest BCUT2D eigenvalue weighted by molar-refractivity contribution is -0.142. The Morgan fingerprint density at radius 3 is 2.45 bits per heavy atom. The molecule has 154 valence electrons. The summed E-state index contributed by atoms with van der Waals surface area (Å²) in [5.74, 6) is 2.02. The Kier molecular flexibility index (Phi) is 5.88. The Bertz CT molecular complexity index is 833. The molecule has 1 atom stereocenters. The monoisotopic (exact) mass is 393 g/mol. The van der Waals surface area contributed by atoms with Crippen molar-refractivity contribution in [2.75, 3.05) is 46.3 Å². The predicted octanol–water partition coefficient (Wildman–Crippen LogP) is 3.46. The maximum absolute atomic E-state index is 13.1. The molecule has 4 rings (SSSR count). The fraction of sp³-hybridized carbons (Fsp3) is 0.458. The summed E-state index contributed by atoms with van der Waals surface area (Å²) in [4.78, 5) is 19.9. The molecular formula is C24H31N3O2. The van der Waals surface area contributed by atoms with Crippen LogP contribution < -0.4 is 4.74 Å². The lowest BCUT2D eigenvalue weighted by Gasteiger charge is -2.37. The third-order valence-electron chi connectivity index (χ3n) is 6.14. The molecule has 0 saturated carbocycles. The summed E-state index contributed by atoms with van der Waals surface area (Å²) in [5.41, 5.74) is 0.948. The minimum Gasteiger partial charge on any atom is -0.457 e. The first kappa shape index (κ1) is 19.9. The van der Waals surface area contributed by atoms with Crippen molar-refractivity contribution >= 4 is 5.91 Å². The van der Waals surface area contributed by atoms with Crippen LogP contribution in [0.25, 0.3) is 0 Å². The molecule has 2 fully saturated rings. The van der Waals surface area contributed by atoms with Gasteiger partial charge in [0.2, 0.25) is 5.91 Å². The third kappa shape index (κ3) is 4.80. The van der Waals surface area contributed by atoms with Crippen LogP contribution in [0.5, 0.6) is 11.5 Å². The van der Waals surface area contributed by atoms with E-state index in [1.807, 2.05) is 42.5 Å². The molecule has 2 aromatic rings. The first-order valence-electron chi connectivity index (χ1n) is 10.5. The summed E-state index contributed by atoms with van der Waals surface area (Å²) in [7, 11) is 2.12. The maximum atomic E-state index is 13.1. The fourth-order valence-electron chi connectivity index (χ4n) is 4.35. The van der Waals surface area contributed by atoms with Crippen LogP contribution in [0, 0.1) is 5.41 Å². The zero-order valence-corrected chi connectivity index (χ0v) is 17.5. The van der Waals surface area contributed by atoms with E-state index in [1.165, 1.54) is 5.56 Å².